The quantitative estimate of drug-likeness (QED) is 0.580. The summed E-state index contributed by atoms with van der Waals surface area (Å²) in [7, 11) is 0. The zero-order chi connectivity index (χ0) is 9.30. The maximum Gasteiger partial charge on any atom is -0.0216 e. The number of hydrogen-bond acceptors (Lipinski definition) is 0. The molecule has 1 rings (SSSR count). The lowest BCUT2D eigenvalue weighted by atomic mass is 9.91. The van der Waals surface area contributed by atoms with Gasteiger partial charge < -0.3 is 0 Å². The summed E-state index contributed by atoms with van der Waals surface area (Å²) in [5.41, 5.74) is 4.09. The fourth-order valence-electron chi connectivity index (χ4n) is 1.61. The van der Waals surface area contributed by atoms with Gasteiger partial charge in [0.25, 0.3) is 0 Å². The van der Waals surface area contributed by atoms with Gasteiger partial charge in [-0.05, 0) is 28.6 Å². The Kier molecular flexibility index (Phi) is 2.56. The number of rotatable bonds is 2. The molecule has 12 heavy (non-hydrogen) atoms. The highest BCUT2D eigenvalue weighted by Gasteiger charge is 2.17. The highest BCUT2D eigenvalue weighted by molar-refractivity contribution is 5.52. The molecular weight excluding hydrogens is 144 g/mol. The largest absolute Gasteiger partial charge is 0.0917 e. The smallest absolute Gasteiger partial charge is 0.0216 e. The maximum absolute atomic E-state index is 3.97. The average molecular weight is 162 g/mol. The summed E-state index contributed by atoms with van der Waals surface area (Å²) < 4.78 is 0. The number of allylic oxidation sites excluding steroid dienone is 5. The monoisotopic (exact) mass is 162 g/mol. The van der Waals surface area contributed by atoms with E-state index in [9.17, 15) is 0 Å². The summed E-state index contributed by atoms with van der Waals surface area (Å²) in [4.78, 5) is 0. The SMILES string of the molecule is C=C1C=C(C(C)C)C(C(C)C)=C1. The summed E-state index contributed by atoms with van der Waals surface area (Å²) >= 11 is 0. The van der Waals surface area contributed by atoms with E-state index in [1.807, 2.05) is 0 Å². The van der Waals surface area contributed by atoms with E-state index in [1.165, 1.54) is 11.1 Å². The molecule has 0 saturated heterocycles. The second kappa shape index (κ2) is 3.30. The molecule has 0 heteroatoms. The van der Waals surface area contributed by atoms with Crippen molar-refractivity contribution in [2.24, 2.45) is 11.8 Å². The molecule has 1 aliphatic rings. The van der Waals surface area contributed by atoms with E-state index < -0.39 is 0 Å². The second-order valence-electron chi connectivity index (χ2n) is 4.08. The van der Waals surface area contributed by atoms with E-state index in [0.717, 1.165) is 5.57 Å². The zero-order valence-electron chi connectivity index (χ0n) is 8.52. The van der Waals surface area contributed by atoms with Gasteiger partial charge in [0, 0.05) is 0 Å². The van der Waals surface area contributed by atoms with Crippen molar-refractivity contribution >= 4 is 0 Å². The van der Waals surface area contributed by atoms with Crippen LogP contribution < -0.4 is 0 Å². The summed E-state index contributed by atoms with van der Waals surface area (Å²) in [5, 5.41) is 0. The Hall–Kier alpha value is -0.780. The van der Waals surface area contributed by atoms with Crippen LogP contribution in [0.15, 0.2) is 35.5 Å². The van der Waals surface area contributed by atoms with Crippen molar-refractivity contribution in [3.05, 3.63) is 35.5 Å². The second-order valence-corrected chi connectivity index (χ2v) is 4.08. The molecule has 0 bridgehead atoms. The van der Waals surface area contributed by atoms with Gasteiger partial charge in [0.1, 0.15) is 0 Å². The molecule has 0 spiro atoms. The molecular formula is C12H18. The first kappa shape index (κ1) is 9.31. The highest BCUT2D eigenvalue weighted by Crippen LogP contribution is 2.32. The Morgan fingerprint density at radius 2 is 1.25 bits per heavy atom. The van der Waals surface area contributed by atoms with Gasteiger partial charge in [-0.1, -0.05) is 46.4 Å². The van der Waals surface area contributed by atoms with E-state index in [0.29, 0.717) is 11.8 Å². The average Bonchev–Trinajstić information content (AvgIpc) is 2.31. The molecule has 0 saturated carbocycles. The lowest BCUT2D eigenvalue weighted by Gasteiger charge is -2.14. The minimum Gasteiger partial charge on any atom is -0.0917 e. The van der Waals surface area contributed by atoms with Crippen LogP contribution in [0.3, 0.4) is 0 Å². The van der Waals surface area contributed by atoms with Crippen LogP contribution in [-0.4, -0.2) is 0 Å². The first-order valence-corrected chi connectivity index (χ1v) is 4.65. The molecule has 0 nitrogen and oxygen atoms in total. The van der Waals surface area contributed by atoms with Crippen molar-refractivity contribution < 1.29 is 0 Å². The number of hydrogen-bond donors (Lipinski definition) is 0. The van der Waals surface area contributed by atoms with Gasteiger partial charge in [-0.25, -0.2) is 0 Å². The molecule has 0 heterocycles. The van der Waals surface area contributed by atoms with Crippen LogP contribution in [0, 0.1) is 11.8 Å². The first-order valence-electron chi connectivity index (χ1n) is 4.65. The Morgan fingerprint density at radius 3 is 1.50 bits per heavy atom. The molecule has 0 N–H and O–H groups in total. The van der Waals surface area contributed by atoms with Gasteiger partial charge in [0.15, 0.2) is 0 Å². The Labute approximate surface area is 75.7 Å². The lowest BCUT2D eigenvalue weighted by molar-refractivity contribution is 0.707. The topological polar surface area (TPSA) is 0 Å². The minimum atomic E-state index is 0.623. The fourth-order valence-corrected chi connectivity index (χ4v) is 1.61. The third kappa shape index (κ3) is 1.69. The third-order valence-corrected chi connectivity index (χ3v) is 2.26. The van der Waals surface area contributed by atoms with Gasteiger partial charge >= 0.3 is 0 Å². The lowest BCUT2D eigenvalue weighted by Crippen LogP contribution is -2.00. The Morgan fingerprint density at radius 1 is 0.917 bits per heavy atom. The normalized spacial score (nSPS) is 17.3. The standard InChI is InChI=1S/C12H18/c1-8(2)11-6-10(5)7-12(11)9(3)4/h6-9H,5H2,1-4H3. The van der Waals surface area contributed by atoms with Gasteiger partial charge in [0.05, 0.1) is 0 Å². The zero-order valence-corrected chi connectivity index (χ0v) is 8.52. The molecule has 66 valence electrons. The molecule has 0 unspecified atom stereocenters. The van der Waals surface area contributed by atoms with Crippen LogP contribution in [0.5, 0.6) is 0 Å². The summed E-state index contributed by atoms with van der Waals surface area (Å²) in [6.45, 7) is 12.9. The van der Waals surface area contributed by atoms with Crippen LogP contribution in [0.1, 0.15) is 27.7 Å². The predicted molar refractivity (Wildman–Crippen MR) is 55.0 cm³/mol. The molecule has 0 aromatic rings. The van der Waals surface area contributed by atoms with Crippen LogP contribution in [0.2, 0.25) is 0 Å². The Balaban J connectivity index is 2.95. The van der Waals surface area contributed by atoms with E-state index >= 15 is 0 Å². The van der Waals surface area contributed by atoms with Crippen molar-refractivity contribution in [2.45, 2.75) is 27.7 Å². The van der Waals surface area contributed by atoms with Crippen LogP contribution >= 0.6 is 0 Å². The molecule has 0 aromatic heterocycles. The molecule has 0 radical (unpaired) electrons. The summed E-state index contributed by atoms with van der Waals surface area (Å²) in [5.74, 6) is 1.25. The van der Waals surface area contributed by atoms with Crippen molar-refractivity contribution in [2.75, 3.05) is 0 Å². The van der Waals surface area contributed by atoms with Crippen LogP contribution in [0.25, 0.3) is 0 Å². The van der Waals surface area contributed by atoms with Crippen molar-refractivity contribution in [3.63, 3.8) is 0 Å². The van der Waals surface area contributed by atoms with Crippen molar-refractivity contribution in [1.82, 2.24) is 0 Å². The van der Waals surface area contributed by atoms with Gasteiger partial charge in [-0.3, -0.25) is 0 Å². The van der Waals surface area contributed by atoms with Crippen LogP contribution in [-0.2, 0) is 0 Å². The molecule has 0 fully saturated rings. The summed E-state index contributed by atoms with van der Waals surface area (Å²) in [6.07, 6.45) is 4.42. The molecule has 0 atom stereocenters. The minimum absolute atomic E-state index is 0.623. The third-order valence-electron chi connectivity index (χ3n) is 2.26. The Bertz CT molecular complexity index is 223. The van der Waals surface area contributed by atoms with E-state index in [-0.39, 0.29) is 0 Å². The van der Waals surface area contributed by atoms with Crippen molar-refractivity contribution in [1.29, 1.82) is 0 Å². The fraction of sp³-hybridized carbons (Fsp3) is 0.500. The van der Waals surface area contributed by atoms with Gasteiger partial charge in [0.2, 0.25) is 0 Å². The van der Waals surface area contributed by atoms with Crippen molar-refractivity contribution in [3.8, 4) is 0 Å². The van der Waals surface area contributed by atoms with Gasteiger partial charge in [-0.2, -0.15) is 0 Å². The molecule has 0 amide bonds. The molecule has 1 aliphatic carbocycles. The highest BCUT2D eigenvalue weighted by atomic mass is 14.2. The predicted octanol–water partition coefficient (Wildman–Crippen LogP) is 3.72. The summed E-state index contributed by atoms with van der Waals surface area (Å²) in [6, 6.07) is 0. The van der Waals surface area contributed by atoms with E-state index in [4.69, 9.17) is 0 Å². The van der Waals surface area contributed by atoms with E-state index in [1.54, 1.807) is 0 Å². The van der Waals surface area contributed by atoms with Crippen LogP contribution in [0.4, 0.5) is 0 Å². The van der Waals surface area contributed by atoms with E-state index in [2.05, 4.69) is 46.4 Å². The maximum atomic E-state index is 3.97. The van der Waals surface area contributed by atoms with Gasteiger partial charge in [-0.15, -0.1) is 0 Å². The first-order chi connectivity index (χ1) is 5.52. The molecule has 0 aliphatic heterocycles. The molecule has 0 aromatic carbocycles.